The Kier molecular flexibility index (Phi) is 4.37. The second-order valence-corrected chi connectivity index (χ2v) is 6.25. The van der Waals surface area contributed by atoms with Gasteiger partial charge in [0.1, 0.15) is 0 Å². The minimum atomic E-state index is -0.372. The minimum Gasteiger partial charge on any atom is -0.400 e. The number of nitrogens with two attached hydrogens (primary N) is 1. The molecule has 0 radical (unpaired) electrons. The summed E-state index contributed by atoms with van der Waals surface area (Å²) in [5.41, 5.74) is 7.27. The van der Waals surface area contributed by atoms with E-state index in [0.29, 0.717) is 0 Å². The van der Waals surface area contributed by atoms with Crippen molar-refractivity contribution >= 4 is 13.2 Å². The van der Waals surface area contributed by atoms with E-state index in [9.17, 15) is 0 Å². The Labute approximate surface area is 127 Å². The van der Waals surface area contributed by atoms with Gasteiger partial charge in [-0.25, -0.2) is 0 Å². The SMILES string of the molecule is C=C[C@H](N)c1ccncc1/C=C/B1OC(C)(C)C(C)(C)O1. The highest BCUT2D eigenvalue weighted by molar-refractivity contribution is 6.52. The van der Waals surface area contributed by atoms with E-state index in [1.54, 1.807) is 18.5 Å². The first kappa shape index (κ1) is 16.0. The molecule has 1 atom stereocenters. The van der Waals surface area contributed by atoms with Gasteiger partial charge in [0.15, 0.2) is 0 Å². The van der Waals surface area contributed by atoms with Gasteiger partial charge >= 0.3 is 7.12 Å². The Morgan fingerprint density at radius 3 is 2.48 bits per heavy atom. The molecule has 2 rings (SSSR count). The van der Waals surface area contributed by atoms with Gasteiger partial charge in [0.2, 0.25) is 0 Å². The van der Waals surface area contributed by atoms with Crippen molar-refractivity contribution in [2.75, 3.05) is 0 Å². The smallest absolute Gasteiger partial charge is 0.400 e. The summed E-state index contributed by atoms with van der Waals surface area (Å²) in [5.74, 6) is 1.90. The van der Waals surface area contributed by atoms with Crippen LogP contribution in [0, 0.1) is 0 Å². The fourth-order valence-electron chi connectivity index (χ4n) is 2.14. The van der Waals surface area contributed by atoms with Crippen LogP contribution in [0.25, 0.3) is 6.08 Å². The predicted octanol–water partition coefficient (Wildman–Crippen LogP) is 2.91. The van der Waals surface area contributed by atoms with Crippen LogP contribution < -0.4 is 5.73 Å². The number of hydrogen-bond acceptors (Lipinski definition) is 4. The Morgan fingerprint density at radius 2 is 1.90 bits per heavy atom. The summed E-state index contributed by atoms with van der Waals surface area (Å²) in [7, 11) is -0.372. The fraction of sp³-hybridized carbons (Fsp3) is 0.438. The molecule has 0 saturated carbocycles. The maximum atomic E-state index is 6.02. The van der Waals surface area contributed by atoms with E-state index in [-0.39, 0.29) is 24.4 Å². The van der Waals surface area contributed by atoms with Gasteiger partial charge in [-0.1, -0.05) is 18.1 Å². The first-order valence-electron chi connectivity index (χ1n) is 7.13. The Morgan fingerprint density at radius 1 is 1.29 bits per heavy atom. The molecule has 112 valence electrons. The van der Waals surface area contributed by atoms with Crippen molar-refractivity contribution in [3.63, 3.8) is 0 Å². The van der Waals surface area contributed by atoms with Gasteiger partial charge in [-0.05, 0) is 44.9 Å². The van der Waals surface area contributed by atoms with Crippen LogP contribution in [0.15, 0.2) is 37.1 Å². The van der Waals surface area contributed by atoms with Crippen LogP contribution in [0.4, 0.5) is 0 Å². The zero-order chi connectivity index (χ0) is 15.7. The second-order valence-electron chi connectivity index (χ2n) is 6.25. The summed E-state index contributed by atoms with van der Waals surface area (Å²) in [6.45, 7) is 11.9. The standard InChI is InChI=1S/C16H23BN2O2/c1-6-14(18)13-8-10-19-11-12(13)7-9-17-20-15(2,3)16(4,5)21-17/h6-11,14H,1,18H2,2-5H3/b9-7+/t14-/m0/s1. The molecule has 2 heterocycles. The normalized spacial score (nSPS) is 21.7. The fourth-order valence-corrected chi connectivity index (χ4v) is 2.14. The van der Waals surface area contributed by atoms with E-state index < -0.39 is 0 Å². The van der Waals surface area contributed by atoms with Gasteiger partial charge in [0.25, 0.3) is 0 Å². The molecule has 2 N–H and O–H groups in total. The van der Waals surface area contributed by atoms with Crippen molar-refractivity contribution in [2.24, 2.45) is 5.73 Å². The molecule has 1 aromatic rings. The van der Waals surface area contributed by atoms with Crippen molar-refractivity contribution in [1.82, 2.24) is 4.98 Å². The zero-order valence-electron chi connectivity index (χ0n) is 13.2. The zero-order valence-corrected chi connectivity index (χ0v) is 13.2. The number of pyridine rings is 1. The van der Waals surface area contributed by atoms with Gasteiger partial charge in [0.05, 0.1) is 11.2 Å². The lowest BCUT2D eigenvalue weighted by Gasteiger charge is -2.32. The van der Waals surface area contributed by atoms with E-state index in [0.717, 1.165) is 11.1 Å². The number of nitrogens with zero attached hydrogens (tertiary/aromatic N) is 1. The third-order valence-corrected chi connectivity index (χ3v) is 4.20. The number of hydrogen-bond donors (Lipinski definition) is 1. The summed E-state index contributed by atoms with van der Waals surface area (Å²) in [6, 6.07) is 1.68. The first-order chi connectivity index (χ1) is 9.77. The monoisotopic (exact) mass is 286 g/mol. The molecule has 1 saturated heterocycles. The van der Waals surface area contributed by atoms with E-state index in [1.165, 1.54) is 0 Å². The molecular formula is C16H23BN2O2. The van der Waals surface area contributed by atoms with E-state index in [2.05, 4.69) is 11.6 Å². The van der Waals surface area contributed by atoms with Crippen molar-refractivity contribution in [3.8, 4) is 0 Å². The Balaban J connectivity index is 2.18. The van der Waals surface area contributed by atoms with Crippen molar-refractivity contribution in [1.29, 1.82) is 0 Å². The van der Waals surface area contributed by atoms with Gasteiger partial charge < -0.3 is 15.0 Å². The molecule has 0 spiro atoms. The average molecular weight is 286 g/mol. The topological polar surface area (TPSA) is 57.4 Å². The van der Waals surface area contributed by atoms with Crippen LogP contribution >= 0.6 is 0 Å². The maximum Gasteiger partial charge on any atom is 0.487 e. The number of rotatable bonds is 4. The lowest BCUT2D eigenvalue weighted by atomic mass is 9.88. The second kappa shape index (κ2) is 5.75. The highest BCUT2D eigenvalue weighted by Crippen LogP contribution is 2.37. The van der Waals surface area contributed by atoms with Crippen LogP contribution in [-0.4, -0.2) is 23.3 Å². The first-order valence-corrected chi connectivity index (χ1v) is 7.13. The van der Waals surface area contributed by atoms with Crippen LogP contribution in [0.3, 0.4) is 0 Å². The lowest BCUT2D eigenvalue weighted by molar-refractivity contribution is 0.00578. The molecule has 1 fully saturated rings. The molecule has 1 aromatic heterocycles. The molecule has 1 aliphatic rings. The molecule has 1 aliphatic heterocycles. The molecule has 5 heteroatoms. The van der Waals surface area contributed by atoms with Gasteiger partial charge in [0, 0.05) is 18.4 Å². The van der Waals surface area contributed by atoms with Gasteiger partial charge in [-0.3, -0.25) is 4.98 Å². The predicted molar refractivity (Wildman–Crippen MR) is 86.5 cm³/mol. The lowest BCUT2D eigenvalue weighted by Crippen LogP contribution is -2.41. The number of aromatic nitrogens is 1. The van der Waals surface area contributed by atoms with Gasteiger partial charge in [-0.2, -0.15) is 0 Å². The van der Waals surface area contributed by atoms with E-state index in [1.807, 2.05) is 45.8 Å². The molecular weight excluding hydrogens is 263 g/mol. The minimum absolute atomic E-state index is 0.217. The molecule has 0 bridgehead atoms. The van der Waals surface area contributed by atoms with Crippen LogP contribution in [0.2, 0.25) is 0 Å². The molecule has 0 aromatic carbocycles. The van der Waals surface area contributed by atoms with Crippen LogP contribution in [-0.2, 0) is 9.31 Å². The molecule has 21 heavy (non-hydrogen) atoms. The highest BCUT2D eigenvalue weighted by atomic mass is 16.7. The average Bonchev–Trinajstić information content (AvgIpc) is 2.64. The largest absolute Gasteiger partial charge is 0.487 e. The molecule has 0 aliphatic carbocycles. The summed E-state index contributed by atoms with van der Waals surface area (Å²) < 4.78 is 11.9. The summed E-state index contributed by atoms with van der Waals surface area (Å²) in [5, 5.41) is 0. The van der Waals surface area contributed by atoms with E-state index in [4.69, 9.17) is 15.0 Å². The van der Waals surface area contributed by atoms with Crippen molar-refractivity contribution in [2.45, 2.75) is 44.9 Å². The summed E-state index contributed by atoms with van der Waals surface area (Å²) in [4.78, 5) is 4.14. The van der Waals surface area contributed by atoms with Gasteiger partial charge in [-0.15, -0.1) is 6.58 Å². The van der Waals surface area contributed by atoms with Crippen molar-refractivity contribution in [3.05, 3.63) is 48.2 Å². The van der Waals surface area contributed by atoms with Crippen molar-refractivity contribution < 1.29 is 9.31 Å². The van der Waals surface area contributed by atoms with Crippen LogP contribution in [0.5, 0.6) is 0 Å². The molecule has 0 amide bonds. The third-order valence-electron chi connectivity index (χ3n) is 4.20. The third kappa shape index (κ3) is 3.26. The highest BCUT2D eigenvalue weighted by Gasteiger charge is 2.49. The summed E-state index contributed by atoms with van der Waals surface area (Å²) in [6.07, 6.45) is 7.15. The maximum absolute atomic E-state index is 6.02. The molecule has 4 nitrogen and oxygen atoms in total. The Hall–Kier alpha value is -1.43. The van der Waals surface area contributed by atoms with Crippen LogP contribution in [0.1, 0.15) is 44.9 Å². The Bertz CT molecular complexity index is 539. The molecule has 0 unspecified atom stereocenters. The summed E-state index contributed by atoms with van der Waals surface area (Å²) >= 11 is 0. The van der Waals surface area contributed by atoms with E-state index >= 15 is 0 Å². The quantitative estimate of drug-likeness (QED) is 0.683.